The van der Waals surface area contributed by atoms with E-state index >= 15 is 0 Å². The fraction of sp³-hybridized carbons (Fsp3) is 0.0625. The number of carbonyl (C=O) groups is 2. The van der Waals surface area contributed by atoms with Crippen LogP contribution in [0.5, 0.6) is 5.75 Å². The molecule has 9 heteroatoms. The van der Waals surface area contributed by atoms with Crippen molar-refractivity contribution in [3.63, 3.8) is 0 Å². The number of tetrazole rings is 1. The molecule has 9 nitrogen and oxygen atoms in total. The third-order valence-electron chi connectivity index (χ3n) is 3.61. The predicted molar refractivity (Wildman–Crippen MR) is 87.7 cm³/mol. The van der Waals surface area contributed by atoms with E-state index in [1.54, 1.807) is 42.5 Å². The maximum Gasteiger partial charge on any atom is 0.262 e. The van der Waals surface area contributed by atoms with Crippen LogP contribution in [0.25, 0.3) is 5.69 Å². The molecule has 1 aliphatic rings. The Morgan fingerprint density at radius 3 is 2.80 bits per heavy atom. The minimum absolute atomic E-state index is 0.00759. The monoisotopic (exact) mass is 336 g/mol. The summed E-state index contributed by atoms with van der Waals surface area (Å²) in [4.78, 5) is 23.7. The molecule has 25 heavy (non-hydrogen) atoms. The molecule has 2 amide bonds. The smallest absolute Gasteiger partial charge is 0.262 e. The molecule has 0 atom stereocenters. The van der Waals surface area contributed by atoms with Gasteiger partial charge in [-0.15, -0.1) is 5.10 Å². The molecular formula is C16H12N6O3. The first-order valence-corrected chi connectivity index (χ1v) is 7.40. The van der Waals surface area contributed by atoms with Crippen LogP contribution in [-0.2, 0) is 4.79 Å². The van der Waals surface area contributed by atoms with Crippen molar-refractivity contribution in [1.82, 2.24) is 20.2 Å². The Morgan fingerprint density at radius 2 is 2.04 bits per heavy atom. The molecule has 0 aliphatic carbocycles. The maximum absolute atomic E-state index is 12.4. The third-order valence-corrected chi connectivity index (χ3v) is 3.61. The average Bonchev–Trinajstić information content (AvgIpc) is 3.16. The predicted octanol–water partition coefficient (Wildman–Crippen LogP) is 1.25. The van der Waals surface area contributed by atoms with Gasteiger partial charge in [-0.3, -0.25) is 9.59 Å². The van der Waals surface area contributed by atoms with E-state index in [0.29, 0.717) is 22.7 Å². The zero-order valence-electron chi connectivity index (χ0n) is 12.8. The molecule has 0 unspecified atom stereocenters. The second kappa shape index (κ2) is 6.04. The number of aromatic nitrogens is 4. The Bertz CT molecular complexity index is 937. The molecule has 1 aromatic heterocycles. The Morgan fingerprint density at radius 1 is 1.20 bits per heavy atom. The molecule has 0 saturated carbocycles. The lowest BCUT2D eigenvalue weighted by molar-refractivity contribution is -0.118. The second-order valence-corrected chi connectivity index (χ2v) is 5.30. The van der Waals surface area contributed by atoms with E-state index in [1.807, 2.05) is 0 Å². The number of ether oxygens (including phenoxy) is 1. The van der Waals surface area contributed by atoms with Crippen molar-refractivity contribution in [2.24, 2.45) is 0 Å². The molecular weight excluding hydrogens is 324 g/mol. The highest BCUT2D eigenvalue weighted by molar-refractivity contribution is 6.05. The molecule has 0 bridgehead atoms. The zero-order valence-corrected chi connectivity index (χ0v) is 12.8. The van der Waals surface area contributed by atoms with E-state index < -0.39 is 0 Å². The molecule has 0 saturated heterocycles. The van der Waals surface area contributed by atoms with E-state index in [9.17, 15) is 9.59 Å². The summed E-state index contributed by atoms with van der Waals surface area (Å²) >= 11 is 0. The molecule has 0 fully saturated rings. The minimum atomic E-state index is -0.272. The number of carbonyl (C=O) groups excluding carboxylic acids is 2. The summed E-state index contributed by atoms with van der Waals surface area (Å²) < 4.78 is 6.78. The highest BCUT2D eigenvalue weighted by Crippen LogP contribution is 2.30. The van der Waals surface area contributed by atoms with Crippen LogP contribution in [0.15, 0.2) is 48.8 Å². The van der Waals surface area contributed by atoms with Crippen molar-refractivity contribution in [2.75, 3.05) is 17.2 Å². The number of fused-ring (bicyclic) bond motifs is 1. The van der Waals surface area contributed by atoms with E-state index in [1.165, 1.54) is 11.0 Å². The van der Waals surface area contributed by atoms with Gasteiger partial charge in [-0.2, -0.15) is 0 Å². The van der Waals surface area contributed by atoms with Gasteiger partial charge in [0.15, 0.2) is 6.61 Å². The zero-order chi connectivity index (χ0) is 17.2. The third kappa shape index (κ3) is 3.02. The minimum Gasteiger partial charge on any atom is -0.482 e. The molecule has 0 radical (unpaired) electrons. The van der Waals surface area contributed by atoms with Crippen LogP contribution in [-0.4, -0.2) is 38.6 Å². The van der Waals surface area contributed by atoms with Crippen LogP contribution >= 0.6 is 0 Å². The van der Waals surface area contributed by atoms with Gasteiger partial charge in [-0.25, -0.2) is 4.68 Å². The molecule has 2 aromatic carbocycles. The lowest BCUT2D eigenvalue weighted by atomic mass is 10.1. The second-order valence-electron chi connectivity index (χ2n) is 5.30. The van der Waals surface area contributed by atoms with E-state index in [-0.39, 0.29) is 18.4 Å². The fourth-order valence-corrected chi connectivity index (χ4v) is 2.41. The van der Waals surface area contributed by atoms with Crippen LogP contribution < -0.4 is 15.4 Å². The maximum atomic E-state index is 12.4. The Labute approximate surface area is 141 Å². The van der Waals surface area contributed by atoms with Gasteiger partial charge in [-0.1, -0.05) is 0 Å². The standard InChI is InChI=1S/C16H12N6O3/c23-15-8-25-14-6-3-11(7-13(14)19-15)18-16(24)10-1-4-12(5-2-10)22-9-17-20-21-22/h1-7,9H,8H2,(H,18,24)(H,19,23). The molecule has 3 aromatic rings. The van der Waals surface area contributed by atoms with Gasteiger partial charge in [0.2, 0.25) is 0 Å². The number of anilines is 2. The normalized spacial score (nSPS) is 12.7. The summed E-state index contributed by atoms with van der Waals surface area (Å²) in [5.41, 5.74) is 2.31. The van der Waals surface area contributed by atoms with Gasteiger partial charge in [0.1, 0.15) is 12.1 Å². The van der Waals surface area contributed by atoms with Gasteiger partial charge in [0, 0.05) is 11.3 Å². The van der Waals surface area contributed by atoms with Gasteiger partial charge in [0.05, 0.1) is 11.4 Å². The molecule has 4 rings (SSSR count). The number of nitrogens with one attached hydrogen (secondary N) is 2. The topological polar surface area (TPSA) is 111 Å². The number of amides is 2. The summed E-state index contributed by atoms with van der Waals surface area (Å²) in [5.74, 6) is 0.0730. The Kier molecular flexibility index (Phi) is 3.58. The molecule has 2 heterocycles. The van der Waals surface area contributed by atoms with E-state index in [4.69, 9.17) is 4.74 Å². The van der Waals surface area contributed by atoms with Crippen LogP contribution in [0.4, 0.5) is 11.4 Å². The van der Waals surface area contributed by atoms with E-state index in [2.05, 4.69) is 26.2 Å². The average molecular weight is 336 g/mol. The molecule has 0 spiro atoms. The Hall–Kier alpha value is -3.75. The largest absolute Gasteiger partial charge is 0.482 e. The van der Waals surface area contributed by atoms with Crippen molar-refractivity contribution >= 4 is 23.2 Å². The van der Waals surface area contributed by atoms with Gasteiger partial charge >= 0.3 is 0 Å². The lowest BCUT2D eigenvalue weighted by Crippen LogP contribution is -2.25. The van der Waals surface area contributed by atoms with Crippen LogP contribution in [0.1, 0.15) is 10.4 Å². The fourth-order valence-electron chi connectivity index (χ4n) is 2.41. The van der Waals surface area contributed by atoms with Crippen molar-refractivity contribution in [3.05, 3.63) is 54.4 Å². The van der Waals surface area contributed by atoms with Crippen molar-refractivity contribution in [2.45, 2.75) is 0 Å². The SMILES string of the molecule is O=C1COc2ccc(NC(=O)c3ccc(-n4cnnn4)cc3)cc2N1. The quantitative estimate of drug-likeness (QED) is 0.744. The number of rotatable bonds is 3. The van der Waals surface area contributed by atoms with Crippen molar-refractivity contribution in [3.8, 4) is 11.4 Å². The summed E-state index contributed by atoms with van der Waals surface area (Å²) in [6.45, 7) is -0.00759. The van der Waals surface area contributed by atoms with E-state index in [0.717, 1.165) is 5.69 Å². The first-order valence-electron chi connectivity index (χ1n) is 7.40. The lowest BCUT2D eigenvalue weighted by Gasteiger charge is -2.18. The first kappa shape index (κ1) is 14.8. The highest BCUT2D eigenvalue weighted by Gasteiger charge is 2.16. The van der Waals surface area contributed by atoms with Crippen LogP contribution in [0, 0.1) is 0 Å². The Balaban J connectivity index is 1.50. The first-order chi connectivity index (χ1) is 12.2. The van der Waals surface area contributed by atoms with Gasteiger partial charge < -0.3 is 15.4 Å². The summed E-state index contributed by atoms with van der Waals surface area (Å²) in [6.07, 6.45) is 1.47. The summed E-state index contributed by atoms with van der Waals surface area (Å²) in [7, 11) is 0. The van der Waals surface area contributed by atoms with Crippen LogP contribution in [0.3, 0.4) is 0 Å². The number of hydrogen-bond donors (Lipinski definition) is 2. The highest BCUT2D eigenvalue weighted by atomic mass is 16.5. The number of benzene rings is 2. The molecule has 124 valence electrons. The molecule has 1 aliphatic heterocycles. The van der Waals surface area contributed by atoms with Gasteiger partial charge in [0.25, 0.3) is 11.8 Å². The molecule has 2 N–H and O–H groups in total. The van der Waals surface area contributed by atoms with Gasteiger partial charge in [-0.05, 0) is 52.9 Å². The van der Waals surface area contributed by atoms with Crippen molar-refractivity contribution < 1.29 is 14.3 Å². The van der Waals surface area contributed by atoms with Crippen LogP contribution in [0.2, 0.25) is 0 Å². The van der Waals surface area contributed by atoms with Crippen molar-refractivity contribution in [1.29, 1.82) is 0 Å². The number of nitrogens with zero attached hydrogens (tertiary/aromatic N) is 4. The summed E-state index contributed by atoms with van der Waals surface area (Å²) in [6, 6.07) is 11.9. The number of hydrogen-bond acceptors (Lipinski definition) is 6. The summed E-state index contributed by atoms with van der Waals surface area (Å²) in [5, 5.41) is 16.4.